The number of aryl methyl sites for hydroxylation is 1. The molecule has 0 aromatic carbocycles. The van der Waals surface area contributed by atoms with E-state index in [1.807, 2.05) is 0 Å². The molecule has 188 valence electrons. The molecule has 36 heavy (non-hydrogen) atoms. The van der Waals surface area contributed by atoms with Crippen molar-refractivity contribution in [3.05, 3.63) is 77.8 Å². The average molecular weight is 505 g/mol. The van der Waals surface area contributed by atoms with Gasteiger partial charge < -0.3 is 9.64 Å². The number of carbonyl (C=O) groups is 1. The minimum atomic E-state index is -4.57. The Morgan fingerprint density at radius 1 is 1.14 bits per heavy atom. The third-order valence-corrected chi connectivity index (χ3v) is 5.46. The quantitative estimate of drug-likeness (QED) is 0.354. The highest BCUT2D eigenvalue weighted by molar-refractivity contribution is 5.99. The molecular formula is C24H20F5N5O2. The number of halogens is 5. The Labute approximate surface area is 202 Å². The second-order valence-electron chi connectivity index (χ2n) is 8.32. The molecule has 0 aliphatic carbocycles. The lowest BCUT2D eigenvalue weighted by Crippen LogP contribution is -2.48. The first-order valence-corrected chi connectivity index (χ1v) is 10.8. The Bertz CT molecular complexity index is 1280. The standard InChI is InChI=1S/C24H20F5N5O2/c1-14-10-23(25,26)13-34(18(14)12-36-19-7-5-16(11-32-19)24(27,28)29)22(35)20-17(6-4-15(2)33-20)21-30-8-3-9-31-21/h3-9,11-12,14H,10,13H2,1-2H3/b18-12+. The summed E-state index contributed by atoms with van der Waals surface area (Å²) in [5.41, 5.74) is -0.241. The predicted molar refractivity (Wildman–Crippen MR) is 118 cm³/mol. The number of aromatic nitrogens is 4. The molecule has 0 radical (unpaired) electrons. The van der Waals surface area contributed by atoms with Crippen molar-refractivity contribution in [1.29, 1.82) is 0 Å². The van der Waals surface area contributed by atoms with Crippen LogP contribution in [0.15, 0.2) is 60.9 Å². The van der Waals surface area contributed by atoms with Crippen LogP contribution in [0, 0.1) is 12.8 Å². The zero-order valence-electron chi connectivity index (χ0n) is 19.1. The summed E-state index contributed by atoms with van der Waals surface area (Å²) in [6.07, 6.45) is -0.520. The molecule has 4 rings (SSSR count). The van der Waals surface area contributed by atoms with Crippen LogP contribution in [0.1, 0.15) is 35.1 Å². The Morgan fingerprint density at radius 3 is 2.50 bits per heavy atom. The van der Waals surface area contributed by atoms with Crippen molar-refractivity contribution < 1.29 is 31.5 Å². The van der Waals surface area contributed by atoms with Crippen LogP contribution in [-0.4, -0.2) is 43.2 Å². The summed E-state index contributed by atoms with van der Waals surface area (Å²) in [5.74, 6) is -4.83. The molecule has 12 heteroatoms. The number of rotatable bonds is 4. The molecular weight excluding hydrogens is 485 g/mol. The number of hydrogen-bond donors (Lipinski definition) is 0. The van der Waals surface area contributed by atoms with E-state index in [4.69, 9.17) is 4.74 Å². The Balaban J connectivity index is 1.70. The minimum absolute atomic E-state index is 0.107. The first kappa shape index (κ1) is 25.1. The van der Waals surface area contributed by atoms with Gasteiger partial charge in [-0.2, -0.15) is 13.2 Å². The zero-order valence-corrected chi connectivity index (χ0v) is 19.1. The van der Waals surface area contributed by atoms with Crippen LogP contribution in [0.3, 0.4) is 0 Å². The van der Waals surface area contributed by atoms with Crippen molar-refractivity contribution >= 4 is 5.91 Å². The molecule has 0 saturated carbocycles. The summed E-state index contributed by atoms with van der Waals surface area (Å²) in [7, 11) is 0. The van der Waals surface area contributed by atoms with Gasteiger partial charge in [-0.25, -0.2) is 28.7 Å². The molecule has 4 heterocycles. The normalized spacial score (nSPS) is 18.8. The van der Waals surface area contributed by atoms with Gasteiger partial charge in [0.1, 0.15) is 12.0 Å². The first-order chi connectivity index (χ1) is 16.9. The molecule has 1 amide bonds. The van der Waals surface area contributed by atoms with Gasteiger partial charge >= 0.3 is 6.18 Å². The lowest BCUT2D eigenvalue weighted by molar-refractivity contribution is -0.137. The summed E-state index contributed by atoms with van der Waals surface area (Å²) < 4.78 is 72.8. The summed E-state index contributed by atoms with van der Waals surface area (Å²) in [6, 6.07) is 6.60. The number of allylic oxidation sites excluding steroid dienone is 1. The van der Waals surface area contributed by atoms with Gasteiger partial charge in [0.15, 0.2) is 5.82 Å². The van der Waals surface area contributed by atoms with Crippen molar-refractivity contribution in [3.8, 4) is 17.3 Å². The molecule has 0 bridgehead atoms. The van der Waals surface area contributed by atoms with E-state index in [-0.39, 0.29) is 28.7 Å². The maximum atomic E-state index is 14.6. The smallest absolute Gasteiger partial charge is 0.417 e. The number of piperidine rings is 1. The van der Waals surface area contributed by atoms with E-state index in [1.165, 1.54) is 19.3 Å². The van der Waals surface area contributed by atoms with E-state index in [1.54, 1.807) is 25.1 Å². The van der Waals surface area contributed by atoms with Crippen molar-refractivity contribution in [2.75, 3.05) is 6.54 Å². The second-order valence-corrected chi connectivity index (χ2v) is 8.32. The first-order valence-electron chi connectivity index (χ1n) is 10.8. The zero-order chi connectivity index (χ0) is 26.1. The van der Waals surface area contributed by atoms with E-state index < -0.39 is 42.5 Å². The molecule has 1 aliphatic rings. The minimum Gasteiger partial charge on any atom is -0.445 e. The van der Waals surface area contributed by atoms with E-state index in [9.17, 15) is 26.7 Å². The van der Waals surface area contributed by atoms with Gasteiger partial charge in [0.25, 0.3) is 11.8 Å². The Morgan fingerprint density at radius 2 is 1.86 bits per heavy atom. The summed E-state index contributed by atoms with van der Waals surface area (Å²) in [5, 5.41) is 0. The Hall–Kier alpha value is -3.96. The summed E-state index contributed by atoms with van der Waals surface area (Å²) in [6.45, 7) is 2.21. The van der Waals surface area contributed by atoms with Gasteiger partial charge in [-0.05, 0) is 31.2 Å². The van der Waals surface area contributed by atoms with E-state index >= 15 is 0 Å². The molecule has 0 N–H and O–H groups in total. The molecule has 1 unspecified atom stereocenters. The number of ether oxygens (including phenoxy) is 1. The second kappa shape index (κ2) is 9.59. The van der Waals surface area contributed by atoms with Crippen molar-refractivity contribution in [2.45, 2.75) is 32.4 Å². The van der Waals surface area contributed by atoms with Gasteiger partial charge in [-0.3, -0.25) is 4.79 Å². The van der Waals surface area contributed by atoms with Crippen LogP contribution in [0.25, 0.3) is 11.4 Å². The molecule has 1 saturated heterocycles. The summed E-state index contributed by atoms with van der Waals surface area (Å²) >= 11 is 0. The third kappa shape index (κ3) is 5.47. The third-order valence-electron chi connectivity index (χ3n) is 5.46. The summed E-state index contributed by atoms with van der Waals surface area (Å²) in [4.78, 5) is 30.6. The highest BCUT2D eigenvalue weighted by Gasteiger charge is 2.44. The Kier molecular flexibility index (Phi) is 6.70. The number of nitrogens with zero attached hydrogens (tertiary/aromatic N) is 5. The van der Waals surface area contributed by atoms with Crippen molar-refractivity contribution in [3.63, 3.8) is 0 Å². The van der Waals surface area contributed by atoms with Crippen molar-refractivity contribution in [2.24, 2.45) is 5.92 Å². The topological polar surface area (TPSA) is 81.1 Å². The van der Waals surface area contributed by atoms with E-state index in [0.29, 0.717) is 11.9 Å². The van der Waals surface area contributed by atoms with Crippen LogP contribution in [0.5, 0.6) is 5.88 Å². The number of pyridine rings is 2. The van der Waals surface area contributed by atoms with Gasteiger partial charge in [-0.15, -0.1) is 0 Å². The fourth-order valence-electron chi connectivity index (χ4n) is 3.78. The molecule has 1 atom stereocenters. The lowest BCUT2D eigenvalue weighted by atomic mass is 9.93. The monoisotopic (exact) mass is 505 g/mol. The van der Waals surface area contributed by atoms with Gasteiger partial charge in [-0.1, -0.05) is 6.92 Å². The highest BCUT2D eigenvalue weighted by Crippen LogP contribution is 2.38. The maximum Gasteiger partial charge on any atom is 0.417 e. The molecule has 1 aliphatic heterocycles. The number of carbonyl (C=O) groups excluding carboxylic acids is 1. The van der Waals surface area contributed by atoms with Crippen LogP contribution < -0.4 is 4.74 Å². The van der Waals surface area contributed by atoms with Gasteiger partial charge in [0.05, 0.1) is 23.4 Å². The average Bonchev–Trinajstić information content (AvgIpc) is 2.82. The fourth-order valence-corrected chi connectivity index (χ4v) is 3.78. The lowest BCUT2D eigenvalue weighted by Gasteiger charge is -2.38. The molecule has 3 aromatic heterocycles. The van der Waals surface area contributed by atoms with E-state index in [0.717, 1.165) is 23.3 Å². The number of hydrogen-bond acceptors (Lipinski definition) is 6. The SMILES string of the molecule is Cc1ccc(-c2ncccn2)c(C(=O)N2CC(F)(F)CC(C)/C2=C\Oc2ccc(C(F)(F)F)cn2)n1. The predicted octanol–water partition coefficient (Wildman–Crippen LogP) is 5.30. The van der Waals surface area contributed by atoms with Crippen LogP contribution in [0.2, 0.25) is 0 Å². The largest absolute Gasteiger partial charge is 0.445 e. The molecule has 1 fully saturated rings. The van der Waals surface area contributed by atoms with E-state index in [2.05, 4.69) is 19.9 Å². The maximum absolute atomic E-state index is 14.6. The molecule has 0 spiro atoms. The fraction of sp³-hybridized carbons (Fsp3) is 0.292. The van der Waals surface area contributed by atoms with Gasteiger partial charge in [0, 0.05) is 42.7 Å². The van der Waals surface area contributed by atoms with Gasteiger partial charge in [0.2, 0.25) is 5.88 Å². The number of amides is 1. The van der Waals surface area contributed by atoms with Crippen molar-refractivity contribution in [1.82, 2.24) is 24.8 Å². The van der Waals surface area contributed by atoms with Crippen LogP contribution in [0.4, 0.5) is 22.0 Å². The molecule has 7 nitrogen and oxygen atoms in total. The van der Waals surface area contributed by atoms with Crippen LogP contribution >= 0.6 is 0 Å². The number of alkyl halides is 5. The van der Waals surface area contributed by atoms with Crippen LogP contribution in [-0.2, 0) is 6.18 Å². The molecule has 3 aromatic rings. The highest BCUT2D eigenvalue weighted by atomic mass is 19.4. The number of likely N-dealkylation sites (tertiary alicyclic amines) is 1.